The van der Waals surface area contributed by atoms with Gasteiger partial charge in [0.2, 0.25) is 0 Å². The second-order valence-corrected chi connectivity index (χ2v) is 7.21. The molecule has 11 heavy (non-hydrogen) atoms. The number of hydrogen-bond donors (Lipinski definition) is 0. The highest BCUT2D eigenvalue weighted by Crippen LogP contribution is 2.13. The van der Waals surface area contributed by atoms with Gasteiger partial charge in [-0.3, -0.25) is 0 Å². The Morgan fingerprint density at radius 2 is 2.55 bits per heavy atom. The summed E-state index contributed by atoms with van der Waals surface area (Å²) in [5.41, 5.74) is 0. The van der Waals surface area contributed by atoms with Gasteiger partial charge in [0, 0.05) is 10.8 Å². The molecule has 1 rings (SSSR count). The minimum atomic E-state index is 0.480. The van der Waals surface area contributed by atoms with Crippen molar-refractivity contribution in [3.63, 3.8) is 0 Å². The molecule has 0 fully saturated rings. The first kappa shape index (κ1) is 9.64. The molecule has 0 bridgehead atoms. The van der Waals surface area contributed by atoms with Gasteiger partial charge in [0.05, 0.1) is 11.2 Å². The minimum absolute atomic E-state index is 0.480. The van der Waals surface area contributed by atoms with Crippen LogP contribution in [0.3, 0.4) is 0 Å². The molecule has 0 radical (unpaired) electrons. The van der Waals surface area contributed by atoms with Crippen molar-refractivity contribution in [3.8, 4) is 0 Å². The molecule has 1 heterocycles. The fraction of sp³-hybridized carbons (Fsp3) is 0.667. The van der Waals surface area contributed by atoms with Crippen LogP contribution < -0.4 is 0 Å². The molecule has 62 valence electrons. The van der Waals surface area contributed by atoms with Crippen molar-refractivity contribution in [3.05, 3.63) is 11.3 Å². The predicted octanol–water partition coefficient (Wildman–Crippen LogP) is 2.70. The number of hydrogen-bond acceptors (Lipinski definition) is 0. The van der Waals surface area contributed by atoms with Crippen molar-refractivity contribution in [2.45, 2.75) is 32.2 Å². The summed E-state index contributed by atoms with van der Waals surface area (Å²) in [5, 5.41) is 1.80. The van der Waals surface area contributed by atoms with Gasteiger partial charge in [-0.1, -0.05) is 13.3 Å². The molecule has 0 saturated heterocycles. The molecule has 0 unspecified atom stereocenters. The Hall–Kier alpha value is 0.557. The highest BCUT2D eigenvalue weighted by molar-refractivity contribution is 14.2. The monoisotopic (exact) mass is 279 g/mol. The van der Waals surface area contributed by atoms with E-state index in [0.717, 1.165) is 0 Å². The Kier molecular flexibility index (Phi) is 5.36. The molecule has 0 spiro atoms. The zero-order valence-electron chi connectivity index (χ0n) is 7.15. The SMILES string of the molecule is CCCC[SiH+]C1=CC=ICC1. The van der Waals surface area contributed by atoms with Gasteiger partial charge in [-0.15, -0.1) is 20.7 Å². The summed E-state index contributed by atoms with van der Waals surface area (Å²) in [5.74, 6) is 0. The van der Waals surface area contributed by atoms with Crippen LogP contribution in [0.1, 0.15) is 26.2 Å². The van der Waals surface area contributed by atoms with E-state index < -0.39 is 0 Å². The molecular formula is C9H16ISi+. The number of rotatable bonds is 4. The average molecular weight is 279 g/mol. The maximum atomic E-state index is 2.46. The third-order valence-corrected chi connectivity index (χ3v) is 5.56. The summed E-state index contributed by atoms with van der Waals surface area (Å²) >= 11 is 0.480. The van der Waals surface area contributed by atoms with Crippen molar-refractivity contribution in [1.82, 2.24) is 0 Å². The molecular weight excluding hydrogens is 263 g/mol. The maximum absolute atomic E-state index is 2.46. The standard InChI is InChI=1S/C9H16ISi/c1-2-3-8-11-9-4-6-10-7-5-9/h4,6,11H,2-3,5,7-8H2,1H3/q+1. The van der Waals surface area contributed by atoms with Gasteiger partial charge in [-0.05, 0) is 16.5 Å². The number of allylic oxidation sites excluding steroid dienone is 2. The van der Waals surface area contributed by atoms with E-state index in [1.54, 1.807) is 5.20 Å². The van der Waals surface area contributed by atoms with Gasteiger partial charge in [0.15, 0.2) is 0 Å². The fourth-order valence-corrected chi connectivity index (χ4v) is 5.65. The molecule has 0 aromatic rings. The van der Waals surface area contributed by atoms with Crippen molar-refractivity contribution >= 4 is 34.3 Å². The molecule has 0 aromatic carbocycles. The molecule has 0 nitrogen and oxygen atoms in total. The highest BCUT2D eigenvalue weighted by atomic mass is 127. The summed E-state index contributed by atoms with van der Waals surface area (Å²) in [6, 6.07) is 1.49. The summed E-state index contributed by atoms with van der Waals surface area (Å²) < 4.78 is 3.97. The van der Waals surface area contributed by atoms with Crippen LogP contribution in [-0.4, -0.2) is 18.0 Å². The topological polar surface area (TPSA) is 0 Å². The van der Waals surface area contributed by atoms with E-state index in [4.69, 9.17) is 0 Å². The van der Waals surface area contributed by atoms with Crippen LogP contribution in [0.5, 0.6) is 0 Å². The molecule has 0 aliphatic carbocycles. The number of halogens is 1. The van der Waals surface area contributed by atoms with Crippen LogP contribution in [0, 0.1) is 0 Å². The molecule has 0 atom stereocenters. The molecule has 2 heteroatoms. The van der Waals surface area contributed by atoms with E-state index in [1.165, 1.54) is 29.7 Å². The normalized spacial score (nSPS) is 17.0. The van der Waals surface area contributed by atoms with E-state index >= 15 is 0 Å². The third-order valence-electron chi connectivity index (χ3n) is 1.82. The Balaban J connectivity index is 2.15. The lowest BCUT2D eigenvalue weighted by Crippen LogP contribution is -1.99. The van der Waals surface area contributed by atoms with Gasteiger partial charge in [0.1, 0.15) is 0 Å². The van der Waals surface area contributed by atoms with Crippen molar-refractivity contribution in [2.75, 3.05) is 4.43 Å². The fourth-order valence-electron chi connectivity index (χ4n) is 1.10. The largest absolute Gasteiger partial charge is 0.332 e. The second-order valence-electron chi connectivity index (χ2n) is 2.81. The zero-order chi connectivity index (χ0) is 7.94. The van der Waals surface area contributed by atoms with Crippen LogP contribution in [0.25, 0.3) is 0 Å². The quantitative estimate of drug-likeness (QED) is 0.321. The lowest BCUT2D eigenvalue weighted by Gasteiger charge is -1.97. The van der Waals surface area contributed by atoms with Gasteiger partial charge >= 0.3 is 9.52 Å². The Bertz CT molecular complexity index is 161. The van der Waals surface area contributed by atoms with Crippen LogP contribution in [0.15, 0.2) is 11.3 Å². The second kappa shape index (κ2) is 6.12. The molecule has 0 N–H and O–H groups in total. The Morgan fingerprint density at radius 3 is 3.18 bits per heavy atom. The molecule has 0 aromatic heterocycles. The first-order valence-corrected chi connectivity index (χ1v) is 8.53. The first-order chi connectivity index (χ1) is 5.43. The van der Waals surface area contributed by atoms with Crippen LogP contribution in [0.4, 0.5) is 0 Å². The molecule has 1 aliphatic heterocycles. The van der Waals surface area contributed by atoms with Crippen molar-refractivity contribution < 1.29 is 0 Å². The van der Waals surface area contributed by atoms with E-state index in [9.17, 15) is 0 Å². The molecule has 0 saturated carbocycles. The van der Waals surface area contributed by atoms with E-state index in [2.05, 4.69) is 17.0 Å². The minimum Gasteiger partial charge on any atom is -0.122 e. The molecule has 0 amide bonds. The van der Waals surface area contributed by atoms with Gasteiger partial charge in [-0.25, -0.2) is 0 Å². The maximum Gasteiger partial charge on any atom is 0.332 e. The summed E-state index contributed by atoms with van der Waals surface area (Å²) in [4.78, 5) is 0. The average Bonchev–Trinajstić information content (AvgIpc) is 2.07. The Morgan fingerprint density at radius 1 is 1.64 bits per heavy atom. The van der Waals surface area contributed by atoms with Gasteiger partial charge < -0.3 is 0 Å². The highest BCUT2D eigenvalue weighted by Gasteiger charge is 2.11. The Labute approximate surface area is 82.0 Å². The lowest BCUT2D eigenvalue weighted by atomic mass is 10.4. The number of alkyl halides is 1. The summed E-state index contributed by atoms with van der Waals surface area (Å²) in [6.45, 7) is 2.28. The van der Waals surface area contributed by atoms with Crippen molar-refractivity contribution in [2.24, 2.45) is 0 Å². The first-order valence-electron chi connectivity index (χ1n) is 4.37. The smallest absolute Gasteiger partial charge is 0.122 e. The van der Waals surface area contributed by atoms with Crippen LogP contribution in [-0.2, 0) is 0 Å². The van der Waals surface area contributed by atoms with Crippen molar-refractivity contribution in [1.29, 1.82) is 0 Å². The molecule has 1 aliphatic rings. The number of unbranched alkanes of at least 4 members (excludes halogenated alkanes) is 1. The van der Waals surface area contributed by atoms with Crippen LogP contribution >= 0.6 is 20.7 Å². The summed E-state index contributed by atoms with van der Waals surface area (Å²) in [6.07, 6.45) is 6.70. The van der Waals surface area contributed by atoms with Gasteiger partial charge in [-0.2, -0.15) is 0 Å². The summed E-state index contributed by atoms with van der Waals surface area (Å²) in [7, 11) is 0.669. The predicted molar refractivity (Wildman–Crippen MR) is 64.5 cm³/mol. The van der Waals surface area contributed by atoms with Gasteiger partial charge in [0.25, 0.3) is 0 Å². The van der Waals surface area contributed by atoms with E-state index in [-0.39, 0.29) is 0 Å². The van der Waals surface area contributed by atoms with E-state index in [1.807, 2.05) is 0 Å². The third kappa shape index (κ3) is 4.21. The lowest BCUT2D eigenvalue weighted by molar-refractivity contribution is 0.879. The van der Waals surface area contributed by atoms with E-state index in [0.29, 0.717) is 30.3 Å². The zero-order valence-corrected chi connectivity index (χ0v) is 10.5. The van der Waals surface area contributed by atoms with Crippen LogP contribution in [0.2, 0.25) is 6.04 Å².